The summed E-state index contributed by atoms with van der Waals surface area (Å²) in [6.45, 7) is 0.319. The topological polar surface area (TPSA) is 47.4 Å². The van der Waals surface area contributed by atoms with Gasteiger partial charge in [-0.1, -0.05) is 0 Å². The Kier molecular flexibility index (Phi) is 4.31. The first kappa shape index (κ1) is 18.2. The number of benzene rings is 2. The van der Waals surface area contributed by atoms with Gasteiger partial charge in [0, 0.05) is 23.8 Å². The SMILES string of the molecule is O=C(C1CC(n2ncc3cc(F)ccc32)C1)N1OCC[C@H]1c1cc(F)cc(F)c1. The highest BCUT2D eigenvalue weighted by Gasteiger charge is 2.43. The fourth-order valence-electron chi connectivity index (χ4n) is 4.24. The molecule has 1 aromatic heterocycles. The summed E-state index contributed by atoms with van der Waals surface area (Å²) in [4.78, 5) is 18.4. The molecule has 0 bridgehead atoms. The molecule has 2 heterocycles. The lowest BCUT2D eigenvalue weighted by Gasteiger charge is -2.37. The van der Waals surface area contributed by atoms with Crippen LogP contribution in [-0.2, 0) is 9.63 Å². The lowest BCUT2D eigenvalue weighted by molar-refractivity contribution is -0.185. The second-order valence-corrected chi connectivity index (χ2v) is 7.62. The molecule has 2 aliphatic rings. The molecule has 3 aromatic rings. The number of halogens is 3. The number of amides is 1. The maximum atomic E-state index is 13.6. The number of hydrogen-bond donors (Lipinski definition) is 0. The molecular formula is C21H18F3N3O2. The van der Waals surface area contributed by atoms with Crippen LogP contribution in [0, 0.1) is 23.4 Å². The van der Waals surface area contributed by atoms with Crippen molar-refractivity contribution in [2.24, 2.45) is 5.92 Å². The molecule has 0 spiro atoms. The summed E-state index contributed by atoms with van der Waals surface area (Å²) in [7, 11) is 0. The molecule has 1 saturated carbocycles. The number of carbonyl (C=O) groups excluding carboxylic acids is 1. The standard InChI is InChI=1S/C21H18F3N3O2/c22-15-1-2-19-14(7-15)11-25-26(19)18-8-13(9-18)21(28)27-20(3-4-29-27)12-5-16(23)10-17(24)6-12/h1-2,5-7,10-11,13,18,20H,3-4,8-9H2/t13?,18?,20-/m0/s1. The average Bonchev–Trinajstić information content (AvgIpc) is 3.26. The third-order valence-corrected chi connectivity index (χ3v) is 5.76. The van der Waals surface area contributed by atoms with Gasteiger partial charge in [0.25, 0.3) is 0 Å². The summed E-state index contributed by atoms with van der Waals surface area (Å²) in [5.74, 6) is -2.10. The molecule has 5 rings (SSSR count). The summed E-state index contributed by atoms with van der Waals surface area (Å²) in [5, 5.41) is 6.33. The van der Waals surface area contributed by atoms with Crippen molar-refractivity contribution in [3.8, 4) is 0 Å². The van der Waals surface area contributed by atoms with E-state index in [9.17, 15) is 18.0 Å². The number of aromatic nitrogens is 2. The van der Waals surface area contributed by atoms with E-state index in [1.807, 2.05) is 4.68 Å². The quantitative estimate of drug-likeness (QED) is 0.657. The zero-order chi connectivity index (χ0) is 20.1. The fraction of sp³-hybridized carbons (Fsp3) is 0.333. The van der Waals surface area contributed by atoms with E-state index in [-0.39, 0.29) is 23.7 Å². The van der Waals surface area contributed by atoms with Crippen LogP contribution in [0.1, 0.15) is 36.9 Å². The van der Waals surface area contributed by atoms with E-state index >= 15 is 0 Å². The van der Waals surface area contributed by atoms with E-state index in [4.69, 9.17) is 4.84 Å². The van der Waals surface area contributed by atoms with Gasteiger partial charge >= 0.3 is 0 Å². The maximum absolute atomic E-state index is 13.6. The van der Waals surface area contributed by atoms with E-state index in [1.165, 1.54) is 29.3 Å². The molecule has 1 atom stereocenters. The van der Waals surface area contributed by atoms with E-state index < -0.39 is 17.7 Å². The molecule has 29 heavy (non-hydrogen) atoms. The smallest absolute Gasteiger partial charge is 0.249 e. The first-order chi connectivity index (χ1) is 14.0. The van der Waals surface area contributed by atoms with Gasteiger partial charge < -0.3 is 0 Å². The van der Waals surface area contributed by atoms with Crippen molar-refractivity contribution in [2.45, 2.75) is 31.3 Å². The van der Waals surface area contributed by atoms with Crippen LogP contribution in [0.15, 0.2) is 42.6 Å². The summed E-state index contributed by atoms with van der Waals surface area (Å²) < 4.78 is 42.4. The van der Waals surface area contributed by atoms with Gasteiger partial charge in [-0.2, -0.15) is 5.10 Å². The molecule has 0 radical (unpaired) electrons. The van der Waals surface area contributed by atoms with Gasteiger partial charge in [-0.3, -0.25) is 14.3 Å². The van der Waals surface area contributed by atoms with Gasteiger partial charge in [-0.25, -0.2) is 18.2 Å². The van der Waals surface area contributed by atoms with Crippen LogP contribution in [0.25, 0.3) is 10.9 Å². The minimum atomic E-state index is -0.676. The van der Waals surface area contributed by atoms with Gasteiger partial charge in [0.1, 0.15) is 17.5 Å². The van der Waals surface area contributed by atoms with Crippen LogP contribution in [0.3, 0.4) is 0 Å². The number of nitrogens with zero attached hydrogens (tertiary/aromatic N) is 3. The predicted octanol–water partition coefficient (Wildman–Crippen LogP) is 4.31. The second-order valence-electron chi connectivity index (χ2n) is 7.62. The average molecular weight is 401 g/mol. The molecule has 8 heteroatoms. The maximum Gasteiger partial charge on any atom is 0.249 e. The van der Waals surface area contributed by atoms with Gasteiger partial charge in [-0.15, -0.1) is 0 Å². The van der Waals surface area contributed by atoms with Gasteiger partial charge in [0.05, 0.1) is 30.4 Å². The molecule has 1 saturated heterocycles. The Bertz CT molecular complexity index is 1070. The Morgan fingerprint density at radius 1 is 1.03 bits per heavy atom. The third-order valence-electron chi connectivity index (χ3n) is 5.76. The van der Waals surface area contributed by atoms with Crippen molar-refractivity contribution in [2.75, 3.05) is 6.61 Å². The van der Waals surface area contributed by atoms with Crippen molar-refractivity contribution in [1.82, 2.24) is 14.8 Å². The first-order valence-electron chi connectivity index (χ1n) is 9.54. The second kappa shape index (κ2) is 6.88. The van der Waals surface area contributed by atoms with Crippen molar-refractivity contribution in [1.29, 1.82) is 0 Å². The van der Waals surface area contributed by atoms with Gasteiger partial charge in [0.2, 0.25) is 5.91 Å². The molecule has 1 aliphatic heterocycles. The van der Waals surface area contributed by atoms with Crippen molar-refractivity contribution >= 4 is 16.8 Å². The van der Waals surface area contributed by atoms with Crippen LogP contribution in [-0.4, -0.2) is 27.4 Å². The molecule has 5 nitrogen and oxygen atoms in total. The number of hydrogen-bond acceptors (Lipinski definition) is 3. The molecular weight excluding hydrogens is 383 g/mol. The van der Waals surface area contributed by atoms with Crippen LogP contribution in [0.4, 0.5) is 13.2 Å². The minimum Gasteiger partial charge on any atom is -0.272 e. The predicted molar refractivity (Wildman–Crippen MR) is 98.0 cm³/mol. The Hall–Kier alpha value is -2.87. The monoisotopic (exact) mass is 401 g/mol. The Morgan fingerprint density at radius 3 is 2.55 bits per heavy atom. The van der Waals surface area contributed by atoms with Crippen LogP contribution in [0.2, 0.25) is 0 Å². The lowest BCUT2D eigenvalue weighted by Crippen LogP contribution is -2.41. The highest BCUT2D eigenvalue weighted by molar-refractivity contribution is 5.81. The van der Waals surface area contributed by atoms with E-state index in [2.05, 4.69) is 5.10 Å². The summed E-state index contributed by atoms with van der Waals surface area (Å²) >= 11 is 0. The molecule has 150 valence electrons. The molecule has 1 aliphatic carbocycles. The summed E-state index contributed by atoms with van der Waals surface area (Å²) in [5.41, 5.74) is 1.22. The molecule has 0 unspecified atom stereocenters. The highest BCUT2D eigenvalue weighted by Crippen LogP contribution is 2.42. The molecule has 0 N–H and O–H groups in total. The zero-order valence-electron chi connectivity index (χ0n) is 15.4. The minimum absolute atomic E-state index is 0.0413. The normalized spacial score (nSPS) is 24.1. The first-order valence-corrected chi connectivity index (χ1v) is 9.54. The Morgan fingerprint density at radius 2 is 1.79 bits per heavy atom. The van der Waals surface area contributed by atoms with Crippen LogP contribution < -0.4 is 0 Å². The fourth-order valence-corrected chi connectivity index (χ4v) is 4.24. The van der Waals surface area contributed by atoms with Crippen molar-refractivity contribution < 1.29 is 22.8 Å². The van der Waals surface area contributed by atoms with Crippen molar-refractivity contribution in [3.63, 3.8) is 0 Å². The van der Waals surface area contributed by atoms with E-state index in [1.54, 1.807) is 12.3 Å². The lowest BCUT2D eigenvalue weighted by atomic mass is 9.79. The molecule has 2 fully saturated rings. The van der Waals surface area contributed by atoms with E-state index in [0.29, 0.717) is 31.4 Å². The summed E-state index contributed by atoms with van der Waals surface area (Å²) in [6, 6.07) is 7.33. The number of hydroxylamine groups is 2. The number of rotatable bonds is 3. The summed E-state index contributed by atoms with van der Waals surface area (Å²) in [6.07, 6.45) is 3.26. The van der Waals surface area contributed by atoms with Gasteiger partial charge in [-0.05, 0) is 48.7 Å². The molecule has 2 aromatic carbocycles. The van der Waals surface area contributed by atoms with Gasteiger partial charge in [0.15, 0.2) is 0 Å². The van der Waals surface area contributed by atoms with Crippen LogP contribution in [0.5, 0.6) is 0 Å². The third kappa shape index (κ3) is 3.17. The largest absolute Gasteiger partial charge is 0.272 e. The zero-order valence-corrected chi connectivity index (χ0v) is 15.4. The number of carbonyl (C=O) groups is 1. The Labute approximate surface area is 164 Å². The number of fused-ring (bicyclic) bond motifs is 1. The van der Waals surface area contributed by atoms with E-state index in [0.717, 1.165) is 17.0 Å². The highest BCUT2D eigenvalue weighted by atomic mass is 19.1. The Balaban J connectivity index is 1.30. The van der Waals surface area contributed by atoms with Crippen LogP contribution >= 0.6 is 0 Å². The molecule has 1 amide bonds. The van der Waals surface area contributed by atoms with Crippen molar-refractivity contribution in [3.05, 3.63) is 65.6 Å².